The first-order valence-corrected chi connectivity index (χ1v) is 6.23. The van der Waals surface area contributed by atoms with Gasteiger partial charge in [-0.3, -0.25) is 4.79 Å². The van der Waals surface area contributed by atoms with Gasteiger partial charge in [0.2, 0.25) is 5.82 Å². The first-order valence-electron chi connectivity index (χ1n) is 6.23. The van der Waals surface area contributed by atoms with Crippen LogP contribution in [0.5, 0.6) is 0 Å². The highest BCUT2D eigenvalue weighted by Crippen LogP contribution is 2.13. The normalized spacial score (nSPS) is 19.3. The van der Waals surface area contributed by atoms with E-state index in [9.17, 15) is 9.90 Å². The van der Waals surface area contributed by atoms with Gasteiger partial charge >= 0.3 is 0 Å². The van der Waals surface area contributed by atoms with Crippen molar-refractivity contribution in [3.05, 3.63) is 23.3 Å². The molecule has 7 nitrogen and oxygen atoms in total. The van der Waals surface area contributed by atoms with Crippen molar-refractivity contribution < 1.29 is 9.90 Å². The second kappa shape index (κ2) is 4.27. The second-order valence-corrected chi connectivity index (χ2v) is 4.88. The number of aryl methyl sites for hydroxylation is 2. The second-order valence-electron chi connectivity index (χ2n) is 4.88. The number of fused-ring (bicyclic) bond motifs is 1. The smallest absolute Gasteiger partial charge is 0.293 e. The summed E-state index contributed by atoms with van der Waals surface area (Å²) in [4.78, 5) is 22.2. The third kappa shape index (κ3) is 2.06. The van der Waals surface area contributed by atoms with E-state index >= 15 is 0 Å². The number of likely N-dealkylation sites (tertiary alicyclic amines) is 1. The van der Waals surface area contributed by atoms with Gasteiger partial charge in [-0.15, -0.1) is 5.10 Å². The Balaban J connectivity index is 1.97. The van der Waals surface area contributed by atoms with Gasteiger partial charge in [0.15, 0.2) is 0 Å². The SMILES string of the molecule is Cc1cc(C)n2nc(C(=O)N3CC[C@H](O)C3)nc2n1. The number of amides is 1. The van der Waals surface area contributed by atoms with E-state index in [0.717, 1.165) is 11.4 Å². The molecule has 1 saturated heterocycles. The molecule has 0 bridgehead atoms. The molecule has 1 atom stereocenters. The van der Waals surface area contributed by atoms with Crippen LogP contribution in [0, 0.1) is 13.8 Å². The summed E-state index contributed by atoms with van der Waals surface area (Å²) in [5, 5.41) is 13.7. The van der Waals surface area contributed by atoms with Gasteiger partial charge in [0.05, 0.1) is 6.10 Å². The molecule has 7 heteroatoms. The highest BCUT2D eigenvalue weighted by Gasteiger charge is 2.28. The van der Waals surface area contributed by atoms with E-state index in [1.807, 2.05) is 19.9 Å². The number of rotatable bonds is 1. The van der Waals surface area contributed by atoms with E-state index in [0.29, 0.717) is 25.3 Å². The maximum atomic E-state index is 12.2. The molecule has 0 spiro atoms. The Morgan fingerprint density at radius 3 is 2.89 bits per heavy atom. The van der Waals surface area contributed by atoms with Crippen LogP contribution < -0.4 is 0 Å². The summed E-state index contributed by atoms with van der Waals surface area (Å²) in [5.74, 6) is 0.315. The highest BCUT2D eigenvalue weighted by molar-refractivity contribution is 5.91. The molecule has 3 rings (SSSR count). The van der Waals surface area contributed by atoms with Gasteiger partial charge in [0.1, 0.15) is 0 Å². The molecule has 1 aliphatic rings. The Morgan fingerprint density at radius 1 is 1.42 bits per heavy atom. The zero-order valence-corrected chi connectivity index (χ0v) is 10.9. The summed E-state index contributed by atoms with van der Waals surface area (Å²) in [7, 11) is 0. The molecule has 2 aromatic rings. The summed E-state index contributed by atoms with van der Waals surface area (Å²) < 4.78 is 1.56. The van der Waals surface area contributed by atoms with Crippen molar-refractivity contribution in [2.45, 2.75) is 26.4 Å². The lowest BCUT2D eigenvalue weighted by atomic mass is 10.3. The zero-order valence-electron chi connectivity index (χ0n) is 10.9. The number of hydrogen-bond acceptors (Lipinski definition) is 5. The van der Waals surface area contributed by atoms with Gasteiger partial charge in [-0.05, 0) is 26.3 Å². The van der Waals surface area contributed by atoms with E-state index in [4.69, 9.17) is 0 Å². The van der Waals surface area contributed by atoms with Crippen LogP contribution in [0.4, 0.5) is 0 Å². The molecule has 0 saturated carbocycles. The van der Waals surface area contributed by atoms with Gasteiger partial charge in [0, 0.05) is 24.5 Å². The number of aromatic nitrogens is 4. The molecule has 1 amide bonds. The molecule has 19 heavy (non-hydrogen) atoms. The van der Waals surface area contributed by atoms with E-state index in [2.05, 4.69) is 15.1 Å². The van der Waals surface area contributed by atoms with Gasteiger partial charge in [-0.25, -0.2) is 9.50 Å². The summed E-state index contributed by atoms with van der Waals surface area (Å²) in [5.41, 5.74) is 1.73. The van der Waals surface area contributed by atoms with Crippen molar-refractivity contribution in [1.29, 1.82) is 0 Å². The minimum absolute atomic E-state index is 0.135. The molecule has 1 aliphatic heterocycles. The maximum absolute atomic E-state index is 12.2. The van der Waals surface area contributed by atoms with Crippen LogP contribution in [0.3, 0.4) is 0 Å². The summed E-state index contributed by atoms with van der Waals surface area (Å²) >= 11 is 0. The van der Waals surface area contributed by atoms with Crippen molar-refractivity contribution in [3.8, 4) is 0 Å². The molecule has 0 aliphatic carbocycles. The first kappa shape index (κ1) is 12.0. The Morgan fingerprint density at radius 2 is 2.21 bits per heavy atom. The molecular weight excluding hydrogens is 246 g/mol. The largest absolute Gasteiger partial charge is 0.391 e. The van der Waals surface area contributed by atoms with Crippen molar-refractivity contribution in [3.63, 3.8) is 0 Å². The number of carbonyl (C=O) groups excluding carboxylic acids is 1. The monoisotopic (exact) mass is 261 g/mol. The summed E-state index contributed by atoms with van der Waals surface area (Å²) in [6, 6.07) is 1.88. The molecule has 0 aromatic carbocycles. The molecule has 2 aromatic heterocycles. The van der Waals surface area contributed by atoms with E-state index in [1.54, 1.807) is 9.42 Å². The minimum atomic E-state index is -0.442. The lowest BCUT2D eigenvalue weighted by Gasteiger charge is -2.12. The zero-order chi connectivity index (χ0) is 13.6. The molecule has 0 unspecified atom stereocenters. The van der Waals surface area contributed by atoms with Gasteiger partial charge in [0.25, 0.3) is 11.7 Å². The third-order valence-electron chi connectivity index (χ3n) is 3.26. The first-order chi connectivity index (χ1) is 9.04. The van der Waals surface area contributed by atoms with Crippen molar-refractivity contribution in [1.82, 2.24) is 24.5 Å². The Bertz CT molecular complexity index is 651. The molecular formula is C12H15N5O2. The average molecular weight is 261 g/mol. The molecule has 100 valence electrons. The Labute approximate surface area is 109 Å². The summed E-state index contributed by atoms with van der Waals surface area (Å²) in [6.45, 7) is 4.66. The lowest BCUT2D eigenvalue weighted by molar-refractivity contribution is 0.0753. The third-order valence-corrected chi connectivity index (χ3v) is 3.26. The van der Waals surface area contributed by atoms with E-state index in [-0.39, 0.29) is 11.7 Å². The number of aliphatic hydroxyl groups excluding tert-OH is 1. The quantitative estimate of drug-likeness (QED) is 0.778. The Kier molecular flexibility index (Phi) is 2.70. The number of carbonyl (C=O) groups is 1. The van der Waals surface area contributed by atoms with Crippen LogP contribution >= 0.6 is 0 Å². The number of aliphatic hydroxyl groups is 1. The molecule has 1 fully saturated rings. The number of nitrogens with zero attached hydrogens (tertiary/aromatic N) is 5. The lowest BCUT2D eigenvalue weighted by Crippen LogP contribution is -2.30. The van der Waals surface area contributed by atoms with Gasteiger partial charge < -0.3 is 10.0 Å². The van der Waals surface area contributed by atoms with Crippen LogP contribution in [0.2, 0.25) is 0 Å². The molecule has 3 heterocycles. The molecule has 0 radical (unpaired) electrons. The Hall–Kier alpha value is -2.02. The predicted octanol–water partition coefficient (Wildman–Crippen LogP) is -0.0521. The minimum Gasteiger partial charge on any atom is -0.391 e. The van der Waals surface area contributed by atoms with Gasteiger partial charge in [-0.2, -0.15) is 4.98 Å². The number of hydrogen-bond donors (Lipinski definition) is 1. The average Bonchev–Trinajstić information content (AvgIpc) is 2.94. The maximum Gasteiger partial charge on any atom is 0.293 e. The fourth-order valence-corrected chi connectivity index (χ4v) is 2.32. The van der Waals surface area contributed by atoms with Crippen LogP contribution in [-0.4, -0.2) is 54.7 Å². The van der Waals surface area contributed by atoms with Gasteiger partial charge in [-0.1, -0.05) is 0 Å². The predicted molar refractivity (Wildman–Crippen MR) is 66.8 cm³/mol. The topological polar surface area (TPSA) is 83.6 Å². The van der Waals surface area contributed by atoms with Crippen LogP contribution in [0.25, 0.3) is 5.78 Å². The molecule has 1 N–H and O–H groups in total. The van der Waals surface area contributed by atoms with Crippen molar-refractivity contribution >= 4 is 11.7 Å². The van der Waals surface area contributed by atoms with Crippen LogP contribution in [0.15, 0.2) is 6.07 Å². The fraction of sp³-hybridized carbons (Fsp3) is 0.500. The van der Waals surface area contributed by atoms with E-state index in [1.165, 1.54) is 0 Å². The highest BCUT2D eigenvalue weighted by atomic mass is 16.3. The fourth-order valence-electron chi connectivity index (χ4n) is 2.32. The van der Waals surface area contributed by atoms with Crippen LogP contribution in [-0.2, 0) is 0 Å². The number of β-amino-alcohol motifs (C(OH)–C–C–N with tert-alkyl or cyclic N) is 1. The van der Waals surface area contributed by atoms with Crippen molar-refractivity contribution in [2.24, 2.45) is 0 Å². The van der Waals surface area contributed by atoms with Crippen LogP contribution in [0.1, 0.15) is 28.4 Å². The standard InChI is InChI=1S/C12H15N5O2/c1-7-5-8(2)17-12(13-7)14-10(15-17)11(19)16-4-3-9(18)6-16/h5,9,18H,3-4,6H2,1-2H3/t9-/m0/s1. The van der Waals surface area contributed by atoms with E-state index < -0.39 is 6.10 Å². The summed E-state index contributed by atoms with van der Waals surface area (Å²) in [6.07, 6.45) is 0.165. The van der Waals surface area contributed by atoms with Crippen molar-refractivity contribution in [2.75, 3.05) is 13.1 Å².